The molecule has 0 aliphatic carbocycles. The Morgan fingerprint density at radius 1 is 0.886 bits per heavy atom. The van der Waals surface area contributed by atoms with Crippen molar-refractivity contribution >= 4 is 58.8 Å². The van der Waals surface area contributed by atoms with Crippen molar-refractivity contribution in [3.63, 3.8) is 0 Å². The van der Waals surface area contributed by atoms with E-state index >= 15 is 0 Å². The number of halogens is 2. The number of urea groups is 1. The van der Waals surface area contributed by atoms with E-state index in [9.17, 15) is 19.2 Å². The molecule has 3 aromatic carbocycles. The van der Waals surface area contributed by atoms with Gasteiger partial charge < -0.3 is 9.47 Å². The Bertz CT molecular complexity index is 1370. The van der Waals surface area contributed by atoms with Crippen molar-refractivity contribution in [2.24, 2.45) is 0 Å². The third-order valence-corrected chi connectivity index (χ3v) is 5.47. The zero-order valence-corrected chi connectivity index (χ0v) is 19.6. The van der Waals surface area contributed by atoms with Crippen molar-refractivity contribution in [3.8, 4) is 11.5 Å². The molecule has 3 aromatic rings. The largest absolute Gasteiger partial charge is 0.493 e. The summed E-state index contributed by atoms with van der Waals surface area (Å²) in [5.41, 5.74) is 0.668. The summed E-state index contributed by atoms with van der Waals surface area (Å²) in [6, 6.07) is 15.8. The van der Waals surface area contributed by atoms with E-state index in [0.29, 0.717) is 21.2 Å². The summed E-state index contributed by atoms with van der Waals surface area (Å²) >= 11 is 11.7. The molecule has 1 saturated heterocycles. The monoisotopic (exact) mass is 510 g/mol. The number of hydrogen-bond acceptors (Lipinski definition) is 6. The van der Waals surface area contributed by atoms with E-state index in [1.54, 1.807) is 12.1 Å². The predicted molar refractivity (Wildman–Crippen MR) is 130 cm³/mol. The molecule has 176 valence electrons. The molecule has 35 heavy (non-hydrogen) atoms. The first-order valence-corrected chi connectivity index (χ1v) is 10.8. The van der Waals surface area contributed by atoms with Gasteiger partial charge in [-0.25, -0.2) is 14.5 Å². The predicted octanol–water partition coefficient (Wildman–Crippen LogP) is 4.89. The number of barbiturate groups is 1. The van der Waals surface area contributed by atoms with Gasteiger partial charge in [0.15, 0.2) is 11.5 Å². The average molecular weight is 511 g/mol. The number of carbonyl (C=O) groups excluding carboxylic acids is 4. The second-order valence-corrected chi connectivity index (χ2v) is 8.11. The summed E-state index contributed by atoms with van der Waals surface area (Å²) in [5, 5.41) is 3.05. The normalized spacial score (nSPS) is 14.7. The highest BCUT2D eigenvalue weighted by Crippen LogP contribution is 2.31. The molecule has 4 amide bonds. The maximum absolute atomic E-state index is 13.0. The summed E-state index contributed by atoms with van der Waals surface area (Å²) in [7, 11) is 1.38. The van der Waals surface area contributed by atoms with Gasteiger partial charge in [-0.3, -0.25) is 14.9 Å². The van der Waals surface area contributed by atoms with Gasteiger partial charge in [0.2, 0.25) is 0 Å². The molecule has 8 nitrogen and oxygen atoms in total. The molecule has 0 aromatic heterocycles. The van der Waals surface area contributed by atoms with Crippen LogP contribution in [0.5, 0.6) is 11.5 Å². The zero-order valence-electron chi connectivity index (χ0n) is 18.1. The van der Waals surface area contributed by atoms with E-state index in [1.165, 1.54) is 67.8 Å². The van der Waals surface area contributed by atoms with Crippen molar-refractivity contribution in [2.45, 2.75) is 0 Å². The minimum atomic E-state index is -0.874. The van der Waals surface area contributed by atoms with Crippen LogP contribution >= 0.6 is 23.2 Å². The number of methoxy groups -OCH3 is 1. The molecule has 1 fully saturated rings. The van der Waals surface area contributed by atoms with Crippen molar-refractivity contribution in [1.29, 1.82) is 0 Å². The van der Waals surface area contributed by atoms with Gasteiger partial charge in [0.05, 0.1) is 18.4 Å². The summed E-state index contributed by atoms with van der Waals surface area (Å²) < 4.78 is 10.7. The lowest BCUT2D eigenvalue weighted by molar-refractivity contribution is -0.122. The molecule has 0 atom stereocenters. The second-order valence-electron chi connectivity index (χ2n) is 7.24. The van der Waals surface area contributed by atoms with Crippen LogP contribution in [0.25, 0.3) is 6.08 Å². The van der Waals surface area contributed by atoms with Gasteiger partial charge in [-0.2, -0.15) is 0 Å². The second kappa shape index (κ2) is 10.0. The number of esters is 1. The summed E-state index contributed by atoms with van der Waals surface area (Å²) in [6.07, 6.45) is 1.31. The first-order chi connectivity index (χ1) is 16.8. The van der Waals surface area contributed by atoms with E-state index in [-0.39, 0.29) is 22.8 Å². The van der Waals surface area contributed by atoms with Crippen LogP contribution in [0, 0.1) is 0 Å². The molecule has 1 aliphatic heterocycles. The highest BCUT2D eigenvalue weighted by Gasteiger charge is 2.36. The number of hydrogen-bond donors (Lipinski definition) is 1. The smallest absolute Gasteiger partial charge is 0.343 e. The standard InChI is InChI=1S/C25H16Cl2N2O6/c1-34-21-13-14(2-11-20(21)35-24(32)15-3-5-16(26)6-4-15)12-19-22(30)28-25(33)29(23(19)31)18-9-7-17(27)8-10-18/h2-13H,1H3,(H,28,30,33)/b19-12+. The van der Waals surface area contributed by atoms with E-state index < -0.39 is 23.8 Å². The zero-order chi connectivity index (χ0) is 25.1. The highest BCUT2D eigenvalue weighted by atomic mass is 35.5. The van der Waals surface area contributed by atoms with Crippen LogP contribution in [0.2, 0.25) is 10.0 Å². The van der Waals surface area contributed by atoms with Gasteiger partial charge in [-0.05, 0) is 72.3 Å². The first-order valence-electron chi connectivity index (χ1n) is 10.1. The number of carbonyl (C=O) groups is 4. The van der Waals surface area contributed by atoms with Gasteiger partial charge in [-0.15, -0.1) is 0 Å². The number of amides is 4. The van der Waals surface area contributed by atoms with Crippen LogP contribution in [0.15, 0.2) is 72.3 Å². The highest BCUT2D eigenvalue weighted by molar-refractivity contribution is 6.39. The average Bonchev–Trinajstić information content (AvgIpc) is 2.84. The van der Waals surface area contributed by atoms with E-state index in [1.807, 2.05) is 0 Å². The van der Waals surface area contributed by atoms with Crippen LogP contribution < -0.4 is 19.7 Å². The first kappa shape index (κ1) is 24.0. The van der Waals surface area contributed by atoms with Crippen LogP contribution in [0.3, 0.4) is 0 Å². The summed E-state index contributed by atoms with van der Waals surface area (Å²) in [4.78, 5) is 51.0. The molecule has 1 heterocycles. The Kier molecular flexibility index (Phi) is 6.86. The van der Waals surface area contributed by atoms with Gasteiger partial charge in [0, 0.05) is 10.0 Å². The number of nitrogens with one attached hydrogen (secondary N) is 1. The minimum Gasteiger partial charge on any atom is -0.493 e. The Morgan fingerprint density at radius 2 is 1.51 bits per heavy atom. The molecular formula is C25H16Cl2N2O6. The molecule has 0 spiro atoms. The topological polar surface area (TPSA) is 102 Å². The molecular weight excluding hydrogens is 495 g/mol. The number of nitrogens with zero attached hydrogens (tertiary/aromatic N) is 1. The quantitative estimate of drug-likeness (QED) is 0.227. The number of benzene rings is 3. The van der Waals surface area contributed by atoms with E-state index in [4.69, 9.17) is 32.7 Å². The van der Waals surface area contributed by atoms with Gasteiger partial charge >= 0.3 is 12.0 Å². The fourth-order valence-electron chi connectivity index (χ4n) is 3.25. The Morgan fingerprint density at radius 3 is 2.14 bits per heavy atom. The summed E-state index contributed by atoms with van der Waals surface area (Å²) in [6.45, 7) is 0. The number of imide groups is 2. The Labute approximate surface area is 209 Å². The minimum absolute atomic E-state index is 0.131. The number of ether oxygens (including phenoxy) is 2. The molecule has 0 bridgehead atoms. The third-order valence-electron chi connectivity index (χ3n) is 4.97. The fraction of sp³-hybridized carbons (Fsp3) is 0.0400. The van der Waals surface area contributed by atoms with Crippen molar-refractivity contribution in [1.82, 2.24) is 5.32 Å². The SMILES string of the molecule is COc1cc(/C=C2\C(=O)NC(=O)N(c3ccc(Cl)cc3)C2=O)ccc1OC(=O)c1ccc(Cl)cc1. The van der Waals surface area contributed by atoms with Crippen LogP contribution in [0.4, 0.5) is 10.5 Å². The van der Waals surface area contributed by atoms with Crippen LogP contribution in [-0.2, 0) is 9.59 Å². The van der Waals surface area contributed by atoms with Crippen LogP contribution in [0.1, 0.15) is 15.9 Å². The van der Waals surface area contributed by atoms with Gasteiger partial charge in [-0.1, -0.05) is 29.3 Å². The van der Waals surface area contributed by atoms with Gasteiger partial charge in [0.25, 0.3) is 11.8 Å². The fourth-order valence-corrected chi connectivity index (χ4v) is 3.50. The number of anilines is 1. The number of rotatable bonds is 5. The molecule has 0 unspecified atom stereocenters. The molecule has 4 rings (SSSR count). The van der Waals surface area contributed by atoms with Crippen molar-refractivity contribution < 1.29 is 28.7 Å². The van der Waals surface area contributed by atoms with Gasteiger partial charge in [0.1, 0.15) is 5.57 Å². The third kappa shape index (κ3) is 5.18. The Balaban J connectivity index is 1.61. The van der Waals surface area contributed by atoms with E-state index in [2.05, 4.69) is 5.32 Å². The lowest BCUT2D eigenvalue weighted by atomic mass is 10.1. The van der Waals surface area contributed by atoms with E-state index in [0.717, 1.165) is 4.90 Å². The van der Waals surface area contributed by atoms with Crippen LogP contribution in [-0.4, -0.2) is 30.9 Å². The molecule has 1 aliphatic rings. The maximum Gasteiger partial charge on any atom is 0.343 e. The molecule has 1 N–H and O–H groups in total. The Hall–Kier alpha value is -4.14. The molecule has 10 heteroatoms. The van der Waals surface area contributed by atoms with Crippen molar-refractivity contribution in [2.75, 3.05) is 12.0 Å². The lowest BCUT2D eigenvalue weighted by Gasteiger charge is -2.26. The summed E-state index contributed by atoms with van der Waals surface area (Å²) in [5.74, 6) is -1.95. The maximum atomic E-state index is 13.0. The molecule has 0 radical (unpaired) electrons. The van der Waals surface area contributed by atoms with Crippen molar-refractivity contribution in [3.05, 3.63) is 93.5 Å². The molecule has 0 saturated carbocycles. The lowest BCUT2D eigenvalue weighted by Crippen LogP contribution is -2.54.